The van der Waals surface area contributed by atoms with Gasteiger partial charge in [0.1, 0.15) is 11.5 Å². The van der Waals surface area contributed by atoms with Gasteiger partial charge in [-0.2, -0.15) is 0 Å². The molecule has 4 rings (SSSR count). The fraction of sp³-hybridized carbons (Fsp3) is 0.308. The van der Waals surface area contributed by atoms with Gasteiger partial charge in [-0.25, -0.2) is 4.79 Å². The number of thioether (sulfide) groups is 1. The van der Waals surface area contributed by atoms with Gasteiger partial charge in [0.25, 0.3) is 0 Å². The molecule has 2 aromatic carbocycles. The van der Waals surface area contributed by atoms with Gasteiger partial charge in [0.2, 0.25) is 0 Å². The quantitative estimate of drug-likeness (QED) is 0.537. The standard InChI is InChI=1S/C26H28N2O3S/c1-18(2)23-26(20-12-6-4-7-13-20,21-14-8-5-9-15-21)31-25(30)28(23)24(32-3)22(29)19-11-10-16-27-17-19/h4-18,22-24,29H,1-3H3/t22-,23-,24-/m0/s1. The SMILES string of the molecule is CS[C@@H]([C@@H](O)c1cccnc1)N1C(=O)OC(c2ccccc2)(c2ccccc2)[C@@H]1C(C)C. The van der Waals surface area contributed by atoms with Crippen molar-refractivity contribution in [3.8, 4) is 0 Å². The second kappa shape index (κ2) is 9.35. The number of hydrogen-bond donors (Lipinski definition) is 1. The maximum absolute atomic E-state index is 13.6. The van der Waals surface area contributed by atoms with Crippen molar-refractivity contribution in [3.63, 3.8) is 0 Å². The number of aliphatic hydroxyl groups is 1. The van der Waals surface area contributed by atoms with Crippen LogP contribution in [0.5, 0.6) is 0 Å². The van der Waals surface area contributed by atoms with Crippen LogP contribution in [0.4, 0.5) is 4.79 Å². The van der Waals surface area contributed by atoms with Gasteiger partial charge in [0.15, 0.2) is 5.60 Å². The normalized spacial score (nSPS) is 19.6. The van der Waals surface area contributed by atoms with Crippen molar-refractivity contribution >= 4 is 17.9 Å². The van der Waals surface area contributed by atoms with Crippen molar-refractivity contribution in [1.82, 2.24) is 9.88 Å². The Morgan fingerprint density at radius 1 is 1.00 bits per heavy atom. The van der Waals surface area contributed by atoms with E-state index in [0.717, 1.165) is 11.1 Å². The minimum absolute atomic E-state index is 0.0533. The van der Waals surface area contributed by atoms with Crippen LogP contribution in [-0.2, 0) is 10.3 Å². The lowest BCUT2D eigenvalue weighted by atomic mass is 9.75. The van der Waals surface area contributed by atoms with E-state index in [9.17, 15) is 9.90 Å². The van der Waals surface area contributed by atoms with Crippen molar-refractivity contribution in [2.75, 3.05) is 6.26 Å². The van der Waals surface area contributed by atoms with E-state index in [0.29, 0.717) is 5.56 Å². The smallest absolute Gasteiger partial charge is 0.412 e. The summed E-state index contributed by atoms with van der Waals surface area (Å²) in [6.07, 6.45) is 3.87. The van der Waals surface area contributed by atoms with Crippen molar-refractivity contribution in [3.05, 3.63) is 102 Å². The molecular weight excluding hydrogens is 420 g/mol. The number of hydrogen-bond acceptors (Lipinski definition) is 5. The Balaban J connectivity index is 1.87. The third kappa shape index (κ3) is 3.78. The highest BCUT2D eigenvalue weighted by Gasteiger charge is 2.59. The number of pyridine rings is 1. The second-order valence-electron chi connectivity index (χ2n) is 8.29. The molecule has 5 nitrogen and oxygen atoms in total. The first-order chi connectivity index (χ1) is 15.5. The molecule has 0 aliphatic carbocycles. The van der Waals surface area contributed by atoms with Crippen LogP contribution in [0.1, 0.15) is 36.6 Å². The third-order valence-electron chi connectivity index (χ3n) is 6.02. The molecule has 0 spiro atoms. The highest BCUT2D eigenvalue weighted by molar-refractivity contribution is 7.99. The number of aliphatic hydroxyl groups excluding tert-OH is 1. The molecule has 1 aliphatic rings. The molecule has 0 bridgehead atoms. The molecule has 1 fully saturated rings. The van der Waals surface area contributed by atoms with Crippen molar-refractivity contribution in [1.29, 1.82) is 0 Å². The maximum atomic E-state index is 13.6. The monoisotopic (exact) mass is 448 g/mol. The summed E-state index contributed by atoms with van der Waals surface area (Å²) in [4.78, 5) is 19.4. The summed E-state index contributed by atoms with van der Waals surface area (Å²) in [6.45, 7) is 4.18. The lowest BCUT2D eigenvalue weighted by Gasteiger charge is -2.41. The summed E-state index contributed by atoms with van der Waals surface area (Å²) >= 11 is 1.43. The first-order valence-electron chi connectivity index (χ1n) is 10.7. The number of nitrogens with zero attached hydrogens (tertiary/aromatic N) is 2. The number of cyclic esters (lactones) is 1. The molecule has 0 unspecified atom stereocenters. The summed E-state index contributed by atoms with van der Waals surface area (Å²) in [6, 6.07) is 23.1. The molecule has 1 N–H and O–H groups in total. The molecule has 2 heterocycles. The average molecular weight is 449 g/mol. The predicted octanol–water partition coefficient (Wildman–Crippen LogP) is 5.22. The zero-order valence-electron chi connectivity index (χ0n) is 18.5. The highest BCUT2D eigenvalue weighted by Crippen LogP contribution is 2.50. The Morgan fingerprint density at radius 3 is 2.06 bits per heavy atom. The Hall–Kier alpha value is -2.83. The minimum Gasteiger partial charge on any atom is -0.431 e. The zero-order valence-corrected chi connectivity index (χ0v) is 19.3. The summed E-state index contributed by atoms with van der Waals surface area (Å²) in [5, 5.41) is 10.7. The summed E-state index contributed by atoms with van der Waals surface area (Å²) < 4.78 is 6.32. The van der Waals surface area contributed by atoms with Crippen molar-refractivity contribution in [2.24, 2.45) is 5.92 Å². The summed E-state index contributed by atoms with van der Waals surface area (Å²) in [7, 11) is 0. The molecule has 1 saturated heterocycles. The molecule has 1 aromatic heterocycles. The number of carbonyl (C=O) groups is 1. The molecule has 1 aliphatic heterocycles. The number of benzene rings is 2. The van der Waals surface area contributed by atoms with E-state index in [1.54, 1.807) is 23.4 Å². The van der Waals surface area contributed by atoms with E-state index < -0.39 is 23.2 Å². The average Bonchev–Trinajstić information content (AvgIpc) is 3.15. The molecule has 166 valence electrons. The van der Waals surface area contributed by atoms with Crippen LogP contribution in [0, 0.1) is 5.92 Å². The minimum atomic E-state index is -0.990. The van der Waals surface area contributed by atoms with E-state index in [1.807, 2.05) is 73.0 Å². The van der Waals surface area contributed by atoms with Crippen LogP contribution in [0.15, 0.2) is 85.2 Å². The first-order valence-corrected chi connectivity index (χ1v) is 12.0. The van der Waals surface area contributed by atoms with Crippen molar-refractivity contribution in [2.45, 2.75) is 37.0 Å². The van der Waals surface area contributed by atoms with Gasteiger partial charge in [-0.05, 0) is 18.2 Å². The van der Waals surface area contributed by atoms with Gasteiger partial charge < -0.3 is 9.84 Å². The maximum Gasteiger partial charge on any atom is 0.412 e. The van der Waals surface area contributed by atoms with Crippen LogP contribution in [-0.4, -0.2) is 38.8 Å². The molecule has 6 heteroatoms. The van der Waals surface area contributed by atoms with Crippen molar-refractivity contribution < 1.29 is 14.6 Å². The Kier molecular flexibility index (Phi) is 6.53. The molecule has 0 saturated carbocycles. The molecule has 3 atom stereocenters. The van der Waals surface area contributed by atoms with Gasteiger partial charge in [-0.15, -0.1) is 11.8 Å². The zero-order chi connectivity index (χ0) is 22.7. The Morgan fingerprint density at radius 2 is 1.59 bits per heavy atom. The van der Waals surface area contributed by atoms with E-state index in [2.05, 4.69) is 18.8 Å². The predicted molar refractivity (Wildman–Crippen MR) is 127 cm³/mol. The molecule has 3 aromatic rings. The van der Waals surface area contributed by atoms with Crippen LogP contribution in [0.25, 0.3) is 0 Å². The number of rotatable bonds is 7. The fourth-order valence-electron chi connectivity index (χ4n) is 4.72. The number of ether oxygens (including phenoxy) is 1. The lowest BCUT2D eigenvalue weighted by molar-refractivity contribution is 0.0478. The fourth-order valence-corrected chi connectivity index (χ4v) is 5.58. The van der Waals surface area contributed by atoms with Crippen LogP contribution in [0.3, 0.4) is 0 Å². The third-order valence-corrected chi connectivity index (χ3v) is 6.99. The molecule has 0 radical (unpaired) electrons. The van der Waals surface area contributed by atoms with E-state index >= 15 is 0 Å². The van der Waals surface area contributed by atoms with Gasteiger partial charge in [0, 0.05) is 29.1 Å². The van der Waals surface area contributed by atoms with E-state index in [-0.39, 0.29) is 12.0 Å². The highest BCUT2D eigenvalue weighted by atomic mass is 32.2. The Bertz CT molecular complexity index is 991. The second-order valence-corrected chi connectivity index (χ2v) is 9.24. The van der Waals surface area contributed by atoms with Gasteiger partial charge in [-0.1, -0.05) is 80.6 Å². The number of amides is 1. The van der Waals surface area contributed by atoms with E-state index in [4.69, 9.17) is 4.74 Å². The largest absolute Gasteiger partial charge is 0.431 e. The van der Waals surface area contributed by atoms with Gasteiger partial charge in [0.05, 0.1) is 6.04 Å². The molecule has 32 heavy (non-hydrogen) atoms. The van der Waals surface area contributed by atoms with Gasteiger partial charge in [-0.3, -0.25) is 9.88 Å². The van der Waals surface area contributed by atoms with Crippen LogP contribution >= 0.6 is 11.8 Å². The lowest BCUT2D eigenvalue weighted by Crippen LogP contribution is -2.51. The van der Waals surface area contributed by atoms with Gasteiger partial charge >= 0.3 is 6.09 Å². The number of carbonyl (C=O) groups excluding carboxylic acids is 1. The first kappa shape index (κ1) is 22.4. The van der Waals surface area contributed by atoms with Crippen LogP contribution < -0.4 is 0 Å². The van der Waals surface area contributed by atoms with E-state index in [1.165, 1.54) is 11.8 Å². The summed E-state index contributed by atoms with van der Waals surface area (Å²) in [5.41, 5.74) is 1.50. The summed E-state index contributed by atoms with van der Waals surface area (Å²) in [5.74, 6) is 0.0533. The number of aromatic nitrogens is 1. The molecular formula is C26H28N2O3S. The van der Waals surface area contributed by atoms with Crippen LogP contribution in [0.2, 0.25) is 0 Å². The molecule has 1 amide bonds. The topological polar surface area (TPSA) is 62.7 Å². The Labute approximate surface area is 193 Å².